The molecule has 3 heterocycles. The summed E-state index contributed by atoms with van der Waals surface area (Å²) in [4.78, 5) is 0.163. The summed E-state index contributed by atoms with van der Waals surface area (Å²) < 4.78 is 54.6. The van der Waals surface area contributed by atoms with Crippen molar-refractivity contribution in [1.82, 2.24) is 0 Å². The molecule has 4 aromatic rings. The van der Waals surface area contributed by atoms with Gasteiger partial charge in [-0.3, -0.25) is 4.72 Å². The van der Waals surface area contributed by atoms with Gasteiger partial charge in [0.1, 0.15) is 42.2 Å². The summed E-state index contributed by atoms with van der Waals surface area (Å²) in [6.45, 7) is 15.2. The van der Waals surface area contributed by atoms with Crippen LogP contribution in [0, 0.1) is 6.92 Å². The summed E-state index contributed by atoms with van der Waals surface area (Å²) in [5.74, 6) is 3.34. The molecular weight excluding hydrogens is 526 g/mol. The number of sulfonamides is 1. The lowest BCUT2D eigenvalue weighted by molar-refractivity contribution is 0.171. The summed E-state index contributed by atoms with van der Waals surface area (Å²) in [6.07, 6.45) is 0. The first kappa shape index (κ1) is 27.9. The van der Waals surface area contributed by atoms with Crippen LogP contribution in [0.1, 0.15) is 81.6 Å². The third kappa shape index (κ3) is 5.63. The van der Waals surface area contributed by atoms with Crippen LogP contribution < -0.4 is 14.2 Å². The molecule has 0 radical (unpaired) electrons. The number of anilines is 1. The molecule has 7 nitrogen and oxygen atoms in total. The number of rotatable bonds is 6. The Morgan fingerprint density at radius 2 is 1.23 bits per heavy atom. The highest BCUT2D eigenvalue weighted by atomic mass is 32.2. The summed E-state index contributed by atoms with van der Waals surface area (Å²) in [6, 6.07) is 18.0. The first-order valence-corrected chi connectivity index (χ1v) is 14.9. The van der Waals surface area contributed by atoms with Gasteiger partial charge in [0.05, 0.1) is 10.6 Å². The van der Waals surface area contributed by atoms with Crippen molar-refractivity contribution < 1.29 is 26.7 Å². The molecule has 0 saturated carbocycles. The van der Waals surface area contributed by atoms with Gasteiger partial charge >= 0.3 is 0 Å². The maximum atomic E-state index is 13.6. The van der Waals surface area contributed by atoms with Crippen molar-refractivity contribution in [3.63, 3.8) is 0 Å². The van der Waals surface area contributed by atoms with Gasteiger partial charge in [-0.1, -0.05) is 59.2 Å². The molecule has 1 N–H and O–H groups in total. The molecule has 0 spiro atoms. The Morgan fingerprint density at radius 3 is 1.70 bits per heavy atom. The van der Waals surface area contributed by atoms with Gasteiger partial charge in [0.15, 0.2) is 11.5 Å². The lowest BCUT2D eigenvalue weighted by atomic mass is 9.92. The third-order valence-electron chi connectivity index (χ3n) is 6.90. The van der Waals surface area contributed by atoms with Crippen molar-refractivity contribution in [3.05, 3.63) is 94.8 Å². The van der Waals surface area contributed by atoms with Crippen molar-refractivity contribution in [3.8, 4) is 11.5 Å². The van der Waals surface area contributed by atoms with E-state index in [1.54, 1.807) is 30.3 Å². The third-order valence-corrected chi connectivity index (χ3v) is 8.28. The van der Waals surface area contributed by atoms with Crippen LogP contribution in [0.25, 0.3) is 0 Å². The second-order valence-corrected chi connectivity index (χ2v) is 14.0. The average Bonchev–Trinajstić information content (AvgIpc) is 3.55. The number of benzene rings is 2. The Kier molecular flexibility index (Phi) is 7.03. The molecule has 5 rings (SSSR count). The van der Waals surface area contributed by atoms with E-state index in [0.29, 0.717) is 47.5 Å². The van der Waals surface area contributed by atoms with Gasteiger partial charge in [-0.2, -0.15) is 0 Å². The molecule has 0 bridgehead atoms. The number of fused-ring (bicyclic) bond motifs is 1. The van der Waals surface area contributed by atoms with Crippen LogP contribution in [0.4, 0.5) is 5.69 Å². The van der Waals surface area contributed by atoms with Crippen molar-refractivity contribution in [2.45, 2.75) is 70.1 Å². The first-order valence-electron chi connectivity index (χ1n) is 13.5. The topological polar surface area (TPSA) is 90.9 Å². The monoisotopic (exact) mass is 563 g/mol. The Labute approximate surface area is 236 Å². The predicted octanol–water partition coefficient (Wildman–Crippen LogP) is 7.53. The van der Waals surface area contributed by atoms with E-state index in [2.05, 4.69) is 46.3 Å². The van der Waals surface area contributed by atoms with Gasteiger partial charge in [-0.05, 0) is 55.0 Å². The summed E-state index contributed by atoms with van der Waals surface area (Å²) in [5, 5.41) is 0. The van der Waals surface area contributed by atoms with E-state index < -0.39 is 15.9 Å². The molecule has 0 aliphatic carbocycles. The first-order chi connectivity index (χ1) is 18.7. The van der Waals surface area contributed by atoms with Crippen LogP contribution in [0.15, 0.2) is 74.4 Å². The van der Waals surface area contributed by atoms with E-state index in [9.17, 15) is 8.42 Å². The molecule has 212 valence electrons. The summed E-state index contributed by atoms with van der Waals surface area (Å²) >= 11 is 0. The number of nitrogens with one attached hydrogen (secondary N) is 1. The van der Waals surface area contributed by atoms with Gasteiger partial charge in [-0.25, -0.2) is 8.42 Å². The Hall–Kier alpha value is -3.65. The maximum Gasteiger partial charge on any atom is 0.261 e. The molecule has 8 heteroatoms. The second kappa shape index (κ2) is 10.1. The molecule has 1 aliphatic rings. The number of aryl methyl sites for hydroxylation is 1. The van der Waals surface area contributed by atoms with Crippen molar-refractivity contribution >= 4 is 15.7 Å². The standard InChI is InChI=1S/C32H37NO6S/c1-20-8-10-21(11-9-20)40(34,35)33-23-19-27-26(36-16-17-37-27)18-22(23)30(24-12-14-28(38-24)31(2,3)4)25-13-15-29(39-25)32(5,6)7/h8-15,18-19,30,33H,16-17H2,1-7H3. The van der Waals surface area contributed by atoms with E-state index >= 15 is 0 Å². The fourth-order valence-electron chi connectivity index (χ4n) is 4.62. The van der Waals surface area contributed by atoms with Gasteiger partial charge in [0.25, 0.3) is 10.0 Å². The van der Waals surface area contributed by atoms with Gasteiger partial charge in [-0.15, -0.1) is 0 Å². The van der Waals surface area contributed by atoms with E-state index in [1.807, 2.05) is 37.3 Å². The zero-order valence-electron chi connectivity index (χ0n) is 24.1. The lowest BCUT2D eigenvalue weighted by Gasteiger charge is -2.25. The molecule has 0 atom stereocenters. The Balaban J connectivity index is 1.70. The van der Waals surface area contributed by atoms with Gasteiger partial charge < -0.3 is 18.3 Å². The summed E-state index contributed by atoms with van der Waals surface area (Å²) in [7, 11) is -3.92. The summed E-state index contributed by atoms with van der Waals surface area (Å²) in [5.41, 5.74) is 1.52. The van der Waals surface area contributed by atoms with E-state index in [1.165, 1.54) is 0 Å². The molecule has 0 unspecified atom stereocenters. The van der Waals surface area contributed by atoms with Crippen LogP contribution in [-0.4, -0.2) is 21.6 Å². The second-order valence-electron chi connectivity index (χ2n) is 12.3. The largest absolute Gasteiger partial charge is 0.486 e. The van der Waals surface area contributed by atoms with Crippen LogP contribution in [0.2, 0.25) is 0 Å². The average molecular weight is 564 g/mol. The number of hydrogen-bond acceptors (Lipinski definition) is 6. The molecule has 0 amide bonds. The van der Waals surface area contributed by atoms with Crippen LogP contribution >= 0.6 is 0 Å². The quantitative estimate of drug-likeness (QED) is 0.261. The lowest BCUT2D eigenvalue weighted by Crippen LogP contribution is -2.19. The molecule has 0 fully saturated rings. The zero-order chi connectivity index (χ0) is 28.9. The van der Waals surface area contributed by atoms with E-state index in [-0.39, 0.29) is 15.7 Å². The van der Waals surface area contributed by atoms with E-state index in [4.69, 9.17) is 18.3 Å². The number of furan rings is 2. The molecular formula is C32H37NO6S. The van der Waals surface area contributed by atoms with Gasteiger partial charge in [0.2, 0.25) is 0 Å². The Bertz CT molecular complexity index is 1560. The van der Waals surface area contributed by atoms with Crippen molar-refractivity contribution in [1.29, 1.82) is 0 Å². The minimum Gasteiger partial charge on any atom is -0.486 e. The van der Waals surface area contributed by atoms with Crippen LogP contribution in [0.5, 0.6) is 11.5 Å². The van der Waals surface area contributed by atoms with E-state index in [0.717, 1.165) is 17.1 Å². The maximum absolute atomic E-state index is 13.6. The normalized spacial score (nSPS) is 14.0. The molecule has 2 aromatic carbocycles. The fraction of sp³-hybridized carbons (Fsp3) is 0.375. The highest BCUT2D eigenvalue weighted by Gasteiger charge is 2.33. The van der Waals surface area contributed by atoms with Crippen LogP contribution in [-0.2, 0) is 20.9 Å². The highest BCUT2D eigenvalue weighted by molar-refractivity contribution is 7.92. The zero-order valence-corrected chi connectivity index (χ0v) is 24.9. The van der Waals surface area contributed by atoms with Crippen molar-refractivity contribution in [2.24, 2.45) is 0 Å². The smallest absolute Gasteiger partial charge is 0.261 e. The number of ether oxygens (including phenoxy) is 2. The molecule has 40 heavy (non-hydrogen) atoms. The molecule has 0 saturated heterocycles. The van der Waals surface area contributed by atoms with Crippen LogP contribution in [0.3, 0.4) is 0 Å². The minimum atomic E-state index is -3.92. The Morgan fingerprint density at radius 1 is 0.725 bits per heavy atom. The number of hydrogen-bond donors (Lipinski definition) is 1. The molecule has 1 aliphatic heterocycles. The van der Waals surface area contributed by atoms with Crippen molar-refractivity contribution in [2.75, 3.05) is 17.9 Å². The SMILES string of the molecule is Cc1ccc(S(=O)(=O)Nc2cc3c(cc2C(c2ccc(C(C)(C)C)o2)c2ccc(C(C)(C)C)o2)OCCO3)cc1. The fourth-order valence-corrected chi connectivity index (χ4v) is 5.70. The minimum absolute atomic E-state index is 0.163. The van der Waals surface area contributed by atoms with Gasteiger partial charge in [0, 0.05) is 16.9 Å². The molecule has 2 aromatic heterocycles. The highest BCUT2D eigenvalue weighted by Crippen LogP contribution is 2.45. The predicted molar refractivity (Wildman–Crippen MR) is 155 cm³/mol.